The third kappa shape index (κ3) is 3.20. The summed E-state index contributed by atoms with van der Waals surface area (Å²) < 4.78 is 46.5. The summed E-state index contributed by atoms with van der Waals surface area (Å²) in [5, 5.41) is 0. The number of benzene rings is 2. The minimum Gasteiger partial charge on any atom is -0.490 e. The monoisotopic (exact) mass is 347 g/mol. The first-order valence-corrected chi connectivity index (χ1v) is 9.05. The van der Waals surface area contributed by atoms with Crippen molar-refractivity contribution < 1.29 is 17.5 Å². The van der Waals surface area contributed by atoms with Gasteiger partial charge in [0, 0.05) is 12.6 Å². The summed E-state index contributed by atoms with van der Waals surface area (Å²) in [5.74, 6) is -0.472. The molecule has 1 atom stereocenters. The summed E-state index contributed by atoms with van der Waals surface area (Å²) in [5.41, 5.74) is 1.01. The number of hydrogen-bond donors (Lipinski definition) is 0. The Bertz CT molecular complexity index is 837. The molecule has 6 heteroatoms. The van der Waals surface area contributed by atoms with Gasteiger partial charge in [0.1, 0.15) is 23.1 Å². The molecule has 1 heterocycles. The van der Waals surface area contributed by atoms with E-state index < -0.39 is 21.9 Å². The van der Waals surface area contributed by atoms with Crippen molar-refractivity contribution in [1.82, 2.24) is 4.31 Å². The van der Waals surface area contributed by atoms with Crippen LogP contribution in [0.25, 0.3) is 0 Å². The van der Waals surface area contributed by atoms with E-state index in [4.69, 9.17) is 4.74 Å². The highest BCUT2D eigenvalue weighted by Gasteiger charge is 2.36. The maximum absolute atomic E-state index is 13.5. The lowest BCUT2D eigenvalue weighted by Crippen LogP contribution is -2.43. The molecule has 2 aromatic rings. The zero-order valence-electron chi connectivity index (χ0n) is 13.1. The summed E-state index contributed by atoms with van der Waals surface area (Å²) in [7, 11) is -3.80. The Kier molecular flexibility index (Phi) is 4.69. The van der Waals surface area contributed by atoms with Gasteiger partial charge in [0.2, 0.25) is 10.0 Å². The highest BCUT2D eigenvalue weighted by Crippen LogP contribution is 2.32. The molecule has 0 amide bonds. The fourth-order valence-electron chi connectivity index (χ4n) is 2.82. The maximum Gasteiger partial charge on any atom is 0.247 e. The first-order chi connectivity index (χ1) is 11.5. The Morgan fingerprint density at radius 3 is 2.71 bits per heavy atom. The van der Waals surface area contributed by atoms with E-state index in [9.17, 15) is 12.8 Å². The van der Waals surface area contributed by atoms with Crippen molar-refractivity contribution in [2.75, 3.05) is 13.2 Å². The molecule has 0 radical (unpaired) electrons. The summed E-state index contributed by atoms with van der Waals surface area (Å²) >= 11 is 0. The summed E-state index contributed by atoms with van der Waals surface area (Å²) in [6.45, 7) is 3.97. The average molecular weight is 347 g/mol. The Morgan fingerprint density at radius 1 is 1.25 bits per heavy atom. The molecule has 3 rings (SSSR count). The predicted octanol–water partition coefficient (Wildman–Crippen LogP) is 3.01. The Hall–Kier alpha value is -2.18. The zero-order chi connectivity index (χ0) is 17.2. The Balaban J connectivity index is 2.02. The number of fused-ring (bicyclic) bond motifs is 1. The van der Waals surface area contributed by atoms with Gasteiger partial charge in [-0.2, -0.15) is 4.31 Å². The molecule has 0 aliphatic carbocycles. The van der Waals surface area contributed by atoms with Crippen LogP contribution in [0.2, 0.25) is 0 Å². The topological polar surface area (TPSA) is 46.6 Å². The molecular formula is C18H18FNO3S. The molecule has 126 valence electrons. The molecule has 4 nitrogen and oxygen atoms in total. The molecule has 0 bridgehead atoms. The first-order valence-electron chi connectivity index (χ1n) is 7.61. The first kappa shape index (κ1) is 16.7. The molecule has 0 spiro atoms. The van der Waals surface area contributed by atoms with E-state index in [1.165, 1.54) is 10.4 Å². The smallest absolute Gasteiger partial charge is 0.247 e. The Labute approximate surface area is 141 Å². The highest BCUT2D eigenvalue weighted by molar-refractivity contribution is 7.89. The van der Waals surface area contributed by atoms with E-state index in [0.717, 1.165) is 17.7 Å². The van der Waals surface area contributed by atoms with Crippen molar-refractivity contribution in [3.05, 3.63) is 72.6 Å². The van der Waals surface area contributed by atoms with E-state index in [2.05, 4.69) is 6.58 Å². The van der Waals surface area contributed by atoms with Gasteiger partial charge in [-0.1, -0.05) is 36.4 Å². The van der Waals surface area contributed by atoms with Crippen LogP contribution in [0, 0.1) is 5.82 Å². The van der Waals surface area contributed by atoms with E-state index in [1.807, 2.05) is 30.3 Å². The number of nitrogens with zero attached hydrogens (tertiary/aromatic N) is 1. The van der Waals surface area contributed by atoms with Crippen LogP contribution >= 0.6 is 0 Å². The van der Waals surface area contributed by atoms with Crippen molar-refractivity contribution in [3.63, 3.8) is 0 Å². The van der Waals surface area contributed by atoms with Crippen LogP contribution in [0.4, 0.5) is 4.39 Å². The molecular weight excluding hydrogens is 329 g/mol. The standard InChI is InChI=1S/C18H18FNO3S/c1-2-10-20-16(11-14-6-4-3-5-7-14)13-23-17-12-15(19)8-9-18(17)24(20,21)22/h2-9,12,16H,1,10-11,13H2/t16-/m0/s1. The highest BCUT2D eigenvalue weighted by atomic mass is 32.2. The van der Waals surface area contributed by atoms with Crippen LogP contribution in [-0.2, 0) is 16.4 Å². The lowest BCUT2D eigenvalue weighted by atomic mass is 10.1. The molecule has 24 heavy (non-hydrogen) atoms. The molecule has 0 saturated heterocycles. The predicted molar refractivity (Wildman–Crippen MR) is 89.9 cm³/mol. The molecule has 0 saturated carbocycles. The molecule has 0 unspecified atom stereocenters. The van der Waals surface area contributed by atoms with Gasteiger partial charge in [-0.25, -0.2) is 12.8 Å². The lowest BCUT2D eigenvalue weighted by Gasteiger charge is -2.27. The number of ether oxygens (including phenoxy) is 1. The second kappa shape index (κ2) is 6.75. The van der Waals surface area contributed by atoms with E-state index in [1.54, 1.807) is 6.08 Å². The molecule has 0 fully saturated rings. The van der Waals surface area contributed by atoms with Crippen LogP contribution < -0.4 is 4.74 Å². The number of hydrogen-bond acceptors (Lipinski definition) is 3. The molecule has 1 aliphatic heterocycles. The third-order valence-corrected chi connectivity index (χ3v) is 5.91. The summed E-state index contributed by atoms with van der Waals surface area (Å²) in [6, 6.07) is 12.7. The van der Waals surface area contributed by atoms with Crippen LogP contribution in [-0.4, -0.2) is 31.9 Å². The third-order valence-electron chi connectivity index (χ3n) is 3.95. The van der Waals surface area contributed by atoms with Crippen molar-refractivity contribution >= 4 is 10.0 Å². The van der Waals surface area contributed by atoms with Crippen LogP contribution in [0.1, 0.15) is 5.56 Å². The minimum atomic E-state index is -3.80. The van der Waals surface area contributed by atoms with Crippen molar-refractivity contribution in [2.45, 2.75) is 17.4 Å². The number of halogens is 1. The molecule has 0 aromatic heterocycles. The van der Waals surface area contributed by atoms with Gasteiger partial charge >= 0.3 is 0 Å². The molecule has 1 aliphatic rings. The van der Waals surface area contributed by atoms with Gasteiger partial charge in [-0.3, -0.25) is 0 Å². The molecule has 2 aromatic carbocycles. The Morgan fingerprint density at radius 2 is 2.00 bits per heavy atom. The van der Waals surface area contributed by atoms with Gasteiger partial charge in [0.15, 0.2) is 0 Å². The lowest BCUT2D eigenvalue weighted by molar-refractivity contribution is 0.218. The largest absolute Gasteiger partial charge is 0.490 e. The normalized spacial score (nSPS) is 19.8. The number of rotatable bonds is 4. The van der Waals surface area contributed by atoms with Gasteiger partial charge in [0.25, 0.3) is 0 Å². The fraction of sp³-hybridized carbons (Fsp3) is 0.222. The van der Waals surface area contributed by atoms with Crippen molar-refractivity contribution in [1.29, 1.82) is 0 Å². The van der Waals surface area contributed by atoms with Crippen LogP contribution in [0.15, 0.2) is 66.1 Å². The van der Waals surface area contributed by atoms with Crippen molar-refractivity contribution in [3.8, 4) is 5.75 Å². The van der Waals surface area contributed by atoms with Gasteiger partial charge in [-0.05, 0) is 24.1 Å². The van der Waals surface area contributed by atoms with Crippen LogP contribution in [0.3, 0.4) is 0 Å². The van der Waals surface area contributed by atoms with E-state index in [0.29, 0.717) is 6.42 Å². The SMILES string of the molecule is C=CCN1[C@@H](Cc2ccccc2)COc2cc(F)ccc2S1(=O)=O. The second-order valence-corrected chi connectivity index (χ2v) is 7.47. The zero-order valence-corrected chi connectivity index (χ0v) is 13.9. The quantitative estimate of drug-likeness (QED) is 0.799. The second-order valence-electron chi connectivity index (χ2n) is 5.61. The summed E-state index contributed by atoms with van der Waals surface area (Å²) in [4.78, 5) is -0.0127. The number of sulfonamides is 1. The van der Waals surface area contributed by atoms with Crippen LogP contribution in [0.5, 0.6) is 5.75 Å². The maximum atomic E-state index is 13.5. The van der Waals surface area contributed by atoms with Crippen molar-refractivity contribution in [2.24, 2.45) is 0 Å². The van der Waals surface area contributed by atoms with Gasteiger partial charge in [0.05, 0.1) is 6.04 Å². The summed E-state index contributed by atoms with van der Waals surface area (Å²) in [6.07, 6.45) is 2.05. The fourth-order valence-corrected chi connectivity index (χ4v) is 4.52. The van der Waals surface area contributed by atoms with E-state index in [-0.39, 0.29) is 23.8 Å². The molecule has 0 N–H and O–H groups in total. The van der Waals surface area contributed by atoms with Gasteiger partial charge in [-0.15, -0.1) is 6.58 Å². The minimum absolute atomic E-state index is 0.0127. The van der Waals surface area contributed by atoms with Gasteiger partial charge < -0.3 is 4.74 Å². The van der Waals surface area contributed by atoms with E-state index >= 15 is 0 Å². The average Bonchev–Trinajstić information content (AvgIpc) is 2.66.